The van der Waals surface area contributed by atoms with Crippen molar-refractivity contribution in [3.8, 4) is 0 Å². The van der Waals surface area contributed by atoms with Crippen molar-refractivity contribution in [2.45, 2.75) is 38.3 Å². The van der Waals surface area contributed by atoms with E-state index in [1.165, 1.54) is 0 Å². The van der Waals surface area contributed by atoms with Gasteiger partial charge in [0.1, 0.15) is 5.60 Å². The molecular formula is C9H16FNO4. The number of halogens is 1. The van der Waals surface area contributed by atoms with Gasteiger partial charge in [0.25, 0.3) is 0 Å². The van der Waals surface area contributed by atoms with Gasteiger partial charge < -0.3 is 19.8 Å². The zero-order valence-corrected chi connectivity index (χ0v) is 9.03. The van der Waals surface area contributed by atoms with Gasteiger partial charge in [-0.2, -0.15) is 0 Å². The summed E-state index contributed by atoms with van der Waals surface area (Å²) in [4.78, 5) is 12.4. The smallest absolute Gasteiger partial charge is 0.410 e. The molecule has 0 radical (unpaired) electrons. The Morgan fingerprint density at radius 2 is 1.93 bits per heavy atom. The van der Waals surface area contributed by atoms with Crippen LogP contribution in [0.25, 0.3) is 0 Å². The third kappa shape index (κ3) is 2.79. The molecule has 0 aromatic carbocycles. The number of amides is 1. The minimum Gasteiger partial charge on any atom is -0.444 e. The topological polar surface area (TPSA) is 70.0 Å². The number of rotatable bonds is 1. The van der Waals surface area contributed by atoms with E-state index in [2.05, 4.69) is 0 Å². The number of ether oxygens (including phenoxy) is 1. The summed E-state index contributed by atoms with van der Waals surface area (Å²) in [5.41, 5.74) is -2.75. The molecule has 1 saturated heterocycles. The summed E-state index contributed by atoms with van der Waals surface area (Å²) in [5, 5.41) is 17.3. The van der Waals surface area contributed by atoms with Crippen molar-refractivity contribution in [2.24, 2.45) is 0 Å². The molecule has 88 valence electrons. The molecule has 6 heteroatoms. The summed E-state index contributed by atoms with van der Waals surface area (Å²) in [7, 11) is 0. The predicted octanol–water partition coefficient (Wildman–Crippen LogP) is 0.256. The third-order valence-electron chi connectivity index (χ3n) is 2.02. The van der Waals surface area contributed by atoms with E-state index >= 15 is 0 Å². The number of aliphatic hydroxyl groups excluding tert-OH is 1. The maximum Gasteiger partial charge on any atom is 0.410 e. The lowest BCUT2D eigenvalue weighted by atomic mass is 9.96. The minimum absolute atomic E-state index is 0.348. The first kappa shape index (κ1) is 12.2. The van der Waals surface area contributed by atoms with Crippen LogP contribution in [-0.4, -0.2) is 51.9 Å². The summed E-state index contributed by atoms with van der Waals surface area (Å²) in [6.45, 7) is 4.41. The average molecular weight is 221 g/mol. The fraction of sp³-hybridized carbons (Fsp3) is 0.889. The number of likely N-dealkylation sites (tertiary alicyclic amines) is 1. The molecule has 2 N–H and O–H groups in total. The zero-order valence-electron chi connectivity index (χ0n) is 9.03. The van der Waals surface area contributed by atoms with Gasteiger partial charge in [0.2, 0.25) is 0 Å². The number of hydrogen-bond acceptors (Lipinski definition) is 4. The van der Waals surface area contributed by atoms with Gasteiger partial charge in [-0.3, -0.25) is 0 Å². The Labute approximate surface area is 87.4 Å². The molecule has 1 aliphatic rings. The molecule has 15 heavy (non-hydrogen) atoms. The van der Waals surface area contributed by atoms with Crippen LogP contribution in [0.5, 0.6) is 0 Å². The SMILES string of the molecule is CC(C)(C)OC(=O)N1CC(F)(C(O)O)C1. The van der Waals surface area contributed by atoms with Gasteiger partial charge >= 0.3 is 6.09 Å². The normalized spacial score (nSPS) is 20.1. The van der Waals surface area contributed by atoms with Crippen LogP contribution in [0, 0.1) is 0 Å². The minimum atomic E-state index is -2.11. The lowest BCUT2D eigenvalue weighted by Crippen LogP contribution is -2.66. The maximum atomic E-state index is 13.3. The summed E-state index contributed by atoms with van der Waals surface area (Å²) >= 11 is 0. The van der Waals surface area contributed by atoms with Crippen molar-refractivity contribution in [3.63, 3.8) is 0 Å². The highest BCUT2D eigenvalue weighted by Gasteiger charge is 2.52. The molecule has 1 aliphatic heterocycles. The van der Waals surface area contributed by atoms with Crippen LogP contribution in [0.2, 0.25) is 0 Å². The molecule has 0 unspecified atom stereocenters. The van der Waals surface area contributed by atoms with Crippen molar-refractivity contribution in [2.75, 3.05) is 13.1 Å². The lowest BCUT2D eigenvalue weighted by molar-refractivity contribution is -0.195. The van der Waals surface area contributed by atoms with E-state index in [1.54, 1.807) is 20.8 Å². The summed E-state index contributed by atoms with van der Waals surface area (Å²) < 4.78 is 18.3. The third-order valence-corrected chi connectivity index (χ3v) is 2.02. The van der Waals surface area contributed by atoms with E-state index < -0.39 is 23.7 Å². The molecule has 1 fully saturated rings. The van der Waals surface area contributed by atoms with Gasteiger partial charge in [0.05, 0.1) is 13.1 Å². The van der Waals surface area contributed by atoms with Crippen LogP contribution in [0.3, 0.4) is 0 Å². The Morgan fingerprint density at radius 1 is 1.47 bits per heavy atom. The first-order valence-electron chi connectivity index (χ1n) is 4.67. The molecular weight excluding hydrogens is 205 g/mol. The molecule has 0 aromatic rings. The summed E-state index contributed by atoms with van der Waals surface area (Å²) in [6, 6.07) is 0. The number of aliphatic hydroxyl groups is 2. The van der Waals surface area contributed by atoms with E-state index in [0.29, 0.717) is 0 Å². The molecule has 1 amide bonds. The standard InChI is InChI=1S/C9H16FNO4/c1-8(2,3)15-7(14)11-4-9(10,5-11)6(12)13/h6,12-13H,4-5H2,1-3H3. The number of carbonyl (C=O) groups excluding carboxylic acids is 1. The number of carbonyl (C=O) groups is 1. The van der Waals surface area contributed by atoms with Crippen LogP contribution in [0.4, 0.5) is 9.18 Å². The Morgan fingerprint density at radius 3 is 2.27 bits per heavy atom. The molecule has 1 rings (SSSR count). The second-order valence-corrected chi connectivity index (χ2v) is 4.74. The zero-order chi connectivity index (χ0) is 11.9. The van der Waals surface area contributed by atoms with Crippen LogP contribution in [0.15, 0.2) is 0 Å². The Hall–Kier alpha value is -0.880. The van der Waals surface area contributed by atoms with Gasteiger partial charge in [0.15, 0.2) is 12.0 Å². The molecule has 0 spiro atoms. The second kappa shape index (κ2) is 3.61. The van der Waals surface area contributed by atoms with E-state index in [-0.39, 0.29) is 13.1 Å². The van der Waals surface area contributed by atoms with Gasteiger partial charge in [0, 0.05) is 0 Å². The van der Waals surface area contributed by atoms with Gasteiger partial charge in [-0.15, -0.1) is 0 Å². The van der Waals surface area contributed by atoms with Gasteiger partial charge in [-0.1, -0.05) is 0 Å². The number of nitrogens with zero attached hydrogens (tertiary/aromatic N) is 1. The maximum absolute atomic E-state index is 13.3. The predicted molar refractivity (Wildman–Crippen MR) is 49.9 cm³/mol. The molecule has 5 nitrogen and oxygen atoms in total. The van der Waals surface area contributed by atoms with Gasteiger partial charge in [-0.25, -0.2) is 9.18 Å². The van der Waals surface area contributed by atoms with Crippen molar-refractivity contribution < 1.29 is 24.1 Å². The van der Waals surface area contributed by atoms with Crippen molar-refractivity contribution in [1.82, 2.24) is 4.90 Å². The van der Waals surface area contributed by atoms with Crippen LogP contribution in [-0.2, 0) is 4.74 Å². The monoisotopic (exact) mass is 221 g/mol. The lowest BCUT2D eigenvalue weighted by Gasteiger charge is -2.44. The highest BCUT2D eigenvalue weighted by Crippen LogP contribution is 2.29. The summed E-state index contributed by atoms with van der Waals surface area (Å²) in [6.07, 6.45) is -2.70. The van der Waals surface area contributed by atoms with Crippen LogP contribution in [0.1, 0.15) is 20.8 Å². The highest BCUT2D eigenvalue weighted by molar-refractivity contribution is 5.69. The molecule has 0 aliphatic carbocycles. The quantitative estimate of drug-likeness (QED) is 0.623. The van der Waals surface area contributed by atoms with E-state index in [4.69, 9.17) is 14.9 Å². The van der Waals surface area contributed by atoms with Crippen molar-refractivity contribution >= 4 is 6.09 Å². The first-order chi connectivity index (χ1) is 6.64. The van der Waals surface area contributed by atoms with E-state index in [1.807, 2.05) is 0 Å². The van der Waals surface area contributed by atoms with E-state index in [9.17, 15) is 9.18 Å². The highest BCUT2D eigenvalue weighted by atomic mass is 19.1. The molecule has 0 aromatic heterocycles. The average Bonchev–Trinajstić information content (AvgIpc) is 1.94. The van der Waals surface area contributed by atoms with E-state index in [0.717, 1.165) is 4.90 Å². The Kier molecular flexibility index (Phi) is 2.93. The number of hydrogen-bond donors (Lipinski definition) is 2. The fourth-order valence-corrected chi connectivity index (χ4v) is 1.21. The Balaban J connectivity index is 2.42. The first-order valence-corrected chi connectivity index (χ1v) is 4.67. The molecule has 0 atom stereocenters. The Bertz CT molecular complexity index is 255. The van der Waals surface area contributed by atoms with Gasteiger partial charge in [-0.05, 0) is 20.8 Å². The summed E-state index contributed by atoms with van der Waals surface area (Å²) in [5.74, 6) is 0. The van der Waals surface area contributed by atoms with Crippen LogP contribution < -0.4 is 0 Å². The van der Waals surface area contributed by atoms with Crippen molar-refractivity contribution in [3.05, 3.63) is 0 Å². The second-order valence-electron chi connectivity index (χ2n) is 4.74. The van der Waals surface area contributed by atoms with Crippen LogP contribution >= 0.6 is 0 Å². The molecule has 0 bridgehead atoms. The van der Waals surface area contributed by atoms with Crippen molar-refractivity contribution in [1.29, 1.82) is 0 Å². The fourth-order valence-electron chi connectivity index (χ4n) is 1.21. The number of alkyl halides is 1. The molecule has 0 saturated carbocycles. The molecule has 1 heterocycles. The largest absolute Gasteiger partial charge is 0.444 e.